The molecule has 174 valence electrons. The molecule has 0 aliphatic carbocycles. The fraction of sp³-hybridized carbons (Fsp3) is 0.348. The van der Waals surface area contributed by atoms with E-state index in [-0.39, 0.29) is 36.4 Å². The Balaban J connectivity index is 0.00000130. The maximum atomic E-state index is 12.4. The number of benzene rings is 1. The highest BCUT2D eigenvalue weighted by molar-refractivity contribution is 6.38. The monoisotopic (exact) mass is 506 g/mol. The van der Waals surface area contributed by atoms with Gasteiger partial charge in [-0.3, -0.25) is 4.79 Å². The van der Waals surface area contributed by atoms with E-state index in [1.807, 2.05) is 30.6 Å². The molecule has 0 saturated carbocycles. The number of aryl methyl sites for hydroxylation is 1. The minimum absolute atomic E-state index is 0. The van der Waals surface area contributed by atoms with E-state index in [0.29, 0.717) is 22.5 Å². The lowest BCUT2D eigenvalue weighted by atomic mass is 9.98. The molecule has 5 heterocycles. The van der Waals surface area contributed by atoms with Crippen LogP contribution in [-0.4, -0.2) is 37.6 Å². The molecular formula is C23H25Cl3N6O. The third kappa shape index (κ3) is 3.67. The quantitative estimate of drug-likeness (QED) is 0.419. The summed E-state index contributed by atoms with van der Waals surface area (Å²) in [4.78, 5) is 27.8. The molecular weight excluding hydrogens is 483 g/mol. The first-order valence-corrected chi connectivity index (χ1v) is 11.1. The zero-order valence-electron chi connectivity index (χ0n) is 18.0. The van der Waals surface area contributed by atoms with Crippen LogP contribution in [0.1, 0.15) is 25.7 Å². The predicted molar refractivity (Wildman–Crippen MR) is 138 cm³/mol. The van der Waals surface area contributed by atoms with Crippen LogP contribution in [0.2, 0.25) is 5.02 Å². The first-order chi connectivity index (χ1) is 15.0. The molecule has 3 N–H and O–H groups in total. The fourth-order valence-corrected chi connectivity index (χ4v) is 5.73. The Morgan fingerprint density at radius 1 is 1.09 bits per heavy atom. The summed E-state index contributed by atoms with van der Waals surface area (Å²) < 4.78 is 1.55. The Kier molecular flexibility index (Phi) is 6.35. The van der Waals surface area contributed by atoms with Crippen LogP contribution in [0, 0.1) is 0 Å². The van der Waals surface area contributed by atoms with E-state index < -0.39 is 0 Å². The SMILES string of the molecule is Cl.Cl.Cn1ccc2c(Cl)c(-c3c[nH]c4nc(N5C6CCC5CC(N)C6)cnc34)ccc2c1=O. The number of nitrogens with zero attached hydrogens (tertiary/aromatic N) is 4. The van der Waals surface area contributed by atoms with E-state index >= 15 is 0 Å². The maximum absolute atomic E-state index is 12.4. The molecule has 6 rings (SSSR count). The summed E-state index contributed by atoms with van der Waals surface area (Å²) in [6.07, 6.45) is 9.85. The molecule has 0 radical (unpaired) electrons. The number of nitrogens with two attached hydrogens (primary N) is 1. The van der Waals surface area contributed by atoms with E-state index in [1.54, 1.807) is 17.8 Å². The lowest BCUT2D eigenvalue weighted by Crippen LogP contribution is -2.47. The molecule has 33 heavy (non-hydrogen) atoms. The predicted octanol–water partition coefficient (Wildman–Crippen LogP) is 4.43. The Hall–Kier alpha value is -2.32. The second kappa shape index (κ2) is 8.80. The van der Waals surface area contributed by atoms with Crippen LogP contribution in [0.3, 0.4) is 0 Å². The van der Waals surface area contributed by atoms with Gasteiger partial charge in [-0.1, -0.05) is 17.7 Å². The number of fused-ring (bicyclic) bond motifs is 4. The number of rotatable bonds is 2. The number of piperidine rings is 1. The summed E-state index contributed by atoms with van der Waals surface area (Å²) in [5.41, 5.74) is 9.38. The lowest BCUT2D eigenvalue weighted by molar-refractivity contribution is 0.412. The Morgan fingerprint density at radius 2 is 1.82 bits per heavy atom. The molecule has 0 spiro atoms. The summed E-state index contributed by atoms with van der Waals surface area (Å²) in [5.74, 6) is 0.911. The third-order valence-electron chi connectivity index (χ3n) is 6.89. The van der Waals surface area contributed by atoms with Gasteiger partial charge in [-0.2, -0.15) is 0 Å². The van der Waals surface area contributed by atoms with Gasteiger partial charge >= 0.3 is 0 Å². The van der Waals surface area contributed by atoms with E-state index in [4.69, 9.17) is 27.3 Å². The third-order valence-corrected chi connectivity index (χ3v) is 7.29. The van der Waals surface area contributed by atoms with Crippen LogP contribution in [-0.2, 0) is 7.05 Å². The highest BCUT2D eigenvalue weighted by Gasteiger charge is 2.40. The molecule has 3 aromatic heterocycles. The van der Waals surface area contributed by atoms with Crippen LogP contribution < -0.4 is 16.2 Å². The largest absolute Gasteiger partial charge is 0.349 e. The minimum atomic E-state index is -0.0646. The smallest absolute Gasteiger partial charge is 0.258 e. The Morgan fingerprint density at radius 3 is 2.55 bits per heavy atom. The molecule has 2 bridgehead atoms. The van der Waals surface area contributed by atoms with E-state index in [9.17, 15) is 4.79 Å². The number of pyridine rings is 1. The first kappa shape index (κ1) is 23.8. The van der Waals surface area contributed by atoms with Gasteiger partial charge in [-0.05, 0) is 37.8 Å². The van der Waals surface area contributed by atoms with Gasteiger partial charge in [0, 0.05) is 59.5 Å². The van der Waals surface area contributed by atoms with Crippen molar-refractivity contribution in [3.05, 3.63) is 52.2 Å². The second-order valence-electron chi connectivity index (χ2n) is 8.77. The molecule has 7 nitrogen and oxygen atoms in total. The molecule has 2 saturated heterocycles. The summed E-state index contributed by atoms with van der Waals surface area (Å²) in [5, 5.41) is 1.89. The number of nitrogens with one attached hydrogen (secondary N) is 1. The van der Waals surface area contributed by atoms with E-state index in [1.165, 1.54) is 12.8 Å². The molecule has 2 atom stereocenters. The van der Waals surface area contributed by atoms with Crippen LogP contribution >= 0.6 is 36.4 Å². The standard InChI is InChI=1S/C23H23ClN6O.2ClH/c1-29-7-6-16-17(23(29)31)5-4-15(20(16)24)18-10-27-22-21(18)26-11-19(28-22)30-13-2-3-14(30)9-12(25)8-13;;/h4-7,10-14H,2-3,8-9,25H2,1H3,(H,27,28);2*1H. The summed E-state index contributed by atoms with van der Waals surface area (Å²) >= 11 is 6.74. The highest BCUT2D eigenvalue weighted by Crippen LogP contribution is 2.40. The topological polar surface area (TPSA) is 92.8 Å². The Labute approximate surface area is 208 Å². The number of halogens is 3. The molecule has 10 heteroatoms. The van der Waals surface area contributed by atoms with Crippen LogP contribution in [0.4, 0.5) is 5.82 Å². The van der Waals surface area contributed by atoms with Gasteiger partial charge in [0.15, 0.2) is 5.65 Å². The number of H-pyrrole nitrogens is 1. The normalized spacial score (nSPS) is 21.8. The number of hydrogen-bond donors (Lipinski definition) is 2. The lowest BCUT2D eigenvalue weighted by Gasteiger charge is -2.38. The van der Waals surface area contributed by atoms with Crippen LogP contribution in [0.25, 0.3) is 33.1 Å². The first-order valence-electron chi connectivity index (χ1n) is 10.7. The summed E-state index contributed by atoms with van der Waals surface area (Å²) in [6.45, 7) is 0. The minimum Gasteiger partial charge on any atom is -0.349 e. The molecule has 2 aliphatic heterocycles. The molecule has 2 aliphatic rings. The van der Waals surface area contributed by atoms with Crippen molar-refractivity contribution in [3.63, 3.8) is 0 Å². The van der Waals surface area contributed by atoms with E-state index in [2.05, 4.69) is 9.88 Å². The average molecular weight is 508 g/mol. The summed E-state index contributed by atoms with van der Waals surface area (Å²) in [7, 11) is 1.73. The Bertz CT molecular complexity index is 1390. The van der Waals surface area contributed by atoms with Crippen LogP contribution in [0.5, 0.6) is 0 Å². The van der Waals surface area contributed by atoms with Crippen molar-refractivity contribution in [1.82, 2.24) is 19.5 Å². The van der Waals surface area contributed by atoms with Gasteiger partial charge < -0.3 is 20.2 Å². The zero-order chi connectivity index (χ0) is 21.3. The summed E-state index contributed by atoms with van der Waals surface area (Å²) in [6, 6.07) is 6.78. The van der Waals surface area contributed by atoms with Crippen molar-refractivity contribution in [2.24, 2.45) is 12.8 Å². The van der Waals surface area contributed by atoms with Gasteiger partial charge in [0.1, 0.15) is 11.3 Å². The van der Waals surface area contributed by atoms with Crippen LogP contribution in [0.15, 0.2) is 41.6 Å². The van der Waals surface area contributed by atoms with E-state index in [0.717, 1.165) is 46.3 Å². The number of aromatic amines is 1. The second-order valence-corrected chi connectivity index (χ2v) is 9.15. The maximum Gasteiger partial charge on any atom is 0.258 e. The molecule has 1 aromatic carbocycles. The molecule has 2 fully saturated rings. The van der Waals surface area contributed by atoms with Crippen molar-refractivity contribution in [3.8, 4) is 11.1 Å². The van der Waals surface area contributed by atoms with Crippen molar-refractivity contribution in [2.75, 3.05) is 4.90 Å². The number of anilines is 1. The fourth-order valence-electron chi connectivity index (χ4n) is 5.40. The number of aromatic nitrogens is 4. The van der Waals surface area contributed by atoms with Gasteiger partial charge in [-0.25, -0.2) is 9.97 Å². The van der Waals surface area contributed by atoms with Gasteiger partial charge in [-0.15, -0.1) is 24.8 Å². The van der Waals surface area contributed by atoms with Crippen molar-refractivity contribution in [1.29, 1.82) is 0 Å². The molecule has 4 aromatic rings. The van der Waals surface area contributed by atoms with Gasteiger partial charge in [0.25, 0.3) is 5.56 Å². The highest BCUT2D eigenvalue weighted by atomic mass is 35.5. The number of hydrogen-bond acceptors (Lipinski definition) is 5. The van der Waals surface area contributed by atoms with Gasteiger partial charge in [0.05, 0.1) is 11.2 Å². The molecule has 2 unspecified atom stereocenters. The average Bonchev–Trinajstić information content (AvgIpc) is 3.29. The van der Waals surface area contributed by atoms with Crippen molar-refractivity contribution in [2.45, 2.75) is 43.8 Å². The zero-order valence-corrected chi connectivity index (χ0v) is 20.4. The molecule has 0 amide bonds. The van der Waals surface area contributed by atoms with Crippen molar-refractivity contribution >= 4 is 64.2 Å². The van der Waals surface area contributed by atoms with Gasteiger partial charge in [0.2, 0.25) is 0 Å². The van der Waals surface area contributed by atoms with Crippen molar-refractivity contribution < 1.29 is 0 Å².